The zero-order valence-electron chi connectivity index (χ0n) is 9.56. The smallest absolute Gasteiger partial charge is 0.203 e. The summed E-state index contributed by atoms with van der Waals surface area (Å²) >= 11 is 0. The van der Waals surface area contributed by atoms with Crippen LogP contribution in [0.25, 0.3) is 5.65 Å². The minimum Gasteiger partial charge on any atom is -0.362 e. The van der Waals surface area contributed by atoms with E-state index in [2.05, 4.69) is 30.0 Å². The van der Waals surface area contributed by atoms with Crippen LogP contribution in [0.1, 0.15) is 5.69 Å². The minimum absolute atomic E-state index is 0.332. The first kappa shape index (κ1) is 9.58. The summed E-state index contributed by atoms with van der Waals surface area (Å²) in [5.74, 6) is 0.777. The van der Waals surface area contributed by atoms with E-state index in [1.807, 2.05) is 23.1 Å². The molecule has 0 fully saturated rings. The van der Waals surface area contributed by atoms with Crippen molar-refractivity contribution in [1.29, 1.82) is 0 Å². The van der Waals surface area contributed by atoms with Gasteiger partial charge in [-0.3, -0.25) is 4.40 Å². The van der Waals surface area contributed by atoms with Gasteiger partial charge in [-0.2, -0.15) is 0 Å². The third-order valence-electron chi connectivity index (χ3n) is 3.23. The molecule has 90 valence electrons. The summed E-state index contributed by atoms with van der Waals surface area (Å²) in [4.78, 5) is 8.45. The van der Waals surface area contributed by atoms with Crippen molar-refractivity contribution in [2.75, 3.05) is 5.32 Å². The second kappa shape index (κ2) is 3.52. The van der Waals surface area contributed by atoms with Crippen molar-refractivity contribution in [1.82, 2.24) is 29.1 Å². The van der Waals surface area contributed by atoms with Gasteiger partial charge in [-0.15, -0.1) is 10.2 Å². The monoisotopic (exact) mass is 241 g/mol. The highest BCUT2D eigenvalue weighted by Crippen LogP contribution is 2.19. The summed E-state index contributed by atoms with van der Waals surface area (Å²) in [6.07, 6.45) is 9.98. The van der Waals surface area contributed by atoms with E-state index in [1.165, 1.54) is 5.69 Å². The fourth-order valence-electron chi connectivity index (χ4n) is 2.39. The van der Waals surface area contributed by atoms with Crippen molar-refractivity contribution < 1.29 is 0 Å². The molecule has 0 radical (unpaired) electrons. The van der Waals surface area contributed by atoms with Crippen LogP contribution >= 0.6 is 0 Å². The second-order valence-corrected chi connectivity index (χ2v) is 4.42. The van der Waals surface area contributed by atoms with Crippen molar-refractivity contribution in [2.45, 2.75) is 19.0 Å². The quantitative estimate of drug-likeness (QED) is 0.701. The van der Waals surface area contributed by atoms with Gasteiger partial charge in [0.2, 0.25) is 5.65 Å². The molecule has 0 aliphatic carbocycles. The number of nitrogens with one attached hydrogen (secondary N) is 1. The summed E-state index contributed by atoms with van der Waals surface area (Å²) in [6.45, 7) is 0.909. The van der Waals surface area contributed by atoms with Crippen LogP contribution in [0, 0.1) is 0 Å². The number of imidazole rings is 1. The molecule has 7 nitrogen and oxygen atoms in total. The zero-order chi connectivity index (χ0) is 11.9. The van der Waals surface area contributed by atoms with E-state index < -0.39 is 0 Å². The Kier molecular flexibility index (Phi) is 1.88. The van der Waals surface area contributed by atoms with Crippen molar-refractivity contribution in [3.63, 3.8) is 0 Å². The first-order valence-corrected chi connectivity index (χ1v) is 5.80. The highest BCUT2D eigenvalue weighted by atomic mass is 15.3. The van der Waals surface area contributed by atoms with E-state index in [-0.39, 0.29) is 0 Å². The topological polar surface area (TPSA) is 72.9 Å². The van der Waals surface area contributed by atoms with Gasteiger partial charge in [0.15, 0.2) is 5.82 Å². The molecule has 0 aromatic carbocycles. The Balaban J connectivity index is 1.62. The van der Waals surface area contributed by atoms with Crippen molar-refractivity contribution >= 4 is 11.5 Å². The molecule has 0 saturated heterocycles. The van der Waals surface area contributed by atoms with E-state index in [1.54, 1.807) is 12.5 Å². The number of hydrogen-bond donors (Lipinski definition) is 1. The van der Waals surface area contributed by atoms with Gasteiger partial charge in [0.1, 0.15) is 6.33 Å². The van der Waals surface area contributed by atoms with Crippen molar-refractivity contribution in [3.8, 4) is 0 Å². The molecule has 0 spiro atoms. The van der Waals surface area contributed by atoms with Crippen molar-refractivity contribution in [3.05, 3.63) is 36.9 Å². The van der Waals surface area contributed by atoms with Crippen LogP contribution in [0.2, 0.25) is 0 Å². The van der Waals surface area contributed by atoms with Crippen LogP contribution in [-0.4, -0.2) is 35.2 Å². The number of rotatable bonds is 2. The maximum atomic E-state index is 4.33. The van der Waals surface area contributed by atoms with Crippen molar-refractivity contribution in [2.24, 2.45) is 0 Å². The van der Waals surface area contributed by atoms with E-state index in [4.69, 9.17) is 0 Å². The molecule has 1 aliphatic heterocycles. The van der Waals surface area contributed by atoms with Crippen LogP contribution in [0.3, 0.4) is 0 Å². The molecule has 0 saturated carbocycles. The van der Waals surface area contributed by atoms with Gasteiger partial charge in [-0.05, 0) is 0 Å². The fraction of sp³-hybridized carbons (Fsp3) is 0.273. The lowest BCUT2D eigenvalue weighted by atomic mass is 10.2. The highest BCUT2D eigenvalue weighted by Gasteiger charge is 2.22. The Labute approximate surface area is 103 Å². The maximum Gasteiger partial charge on any atom is 0.203 e. The first-order chi connectivity index (χ1) is 8.90. The molecule has 1 aliphatic rings. The molecule has 4 heterocycles. The van der Waals surface area contributed by atoms with Gasteiger partial charge in [0, 0.05) is 37.3 Å². The average Bonchev–Trinajstić information content (AvgIpc) is 3.01. The van der Waals surface area contributed by atoms with E-state index >= 15 is 0 Å². The van der Waals surface area contributed by atoms with Crippen LogP contribution in [0.15, 0.2) is 31.2 Å². The Morgan fingerprint density at radius 3 is 3.28 bits per heavy atom. The minimum atomic E-state index is 0.332. The summed E-state index contributed by atoms with van der Waals surface area (Å²) in [5.41, 5.74) is 2.01. The Bertz CT molecular complexity index is 678. The molecule has 1 atom stereocenters. The molecule has 3 aromatic rings. The zero-order valence-corrected chi connectivity index (χ0v) is 9.56. The van der Waals surface area contributed by atoms with E-state index in [0.717, 1.165) is 24.4 Å². The predicted octanol–water partition coefficient (Wildman–Crippen LogP) is 0.358. The standard InChI is InChI=1S/C11H11N7/c1-2-17-7-14-16-11(17)10(13-1)15-8-3-9-4-12-6-18(9)5-8/h1-2,4,6-8H,3,5H2,(H,13,15). The Hall–Kier alpha value is -2.44. The molecule has 1 N–H and O–H groups in total. The Morgan fingerprint density at radius 2 is 2.33 bits per heavy atom. The number of aromatic nitrogens is 6. The van der Waals surface area contributed by atoms with Gasteiger partial charge in [-0.1, -0.05) is 0 Å². The molecular weight excluding hydrogens is 230 g/mol. The van der Waals surface area contributed by atoms with E-state index in [0.29, 0.717) is 6.04 Å². The lowest BCUT2D eigenvalue weighted by Crippen LogP contribution is -2.22. The largest absolute Gasteiger partial charge is 0.362 e. The average molecular weight is 241 g/mol. The summed E-state index contributed by atoms with van der Waals surface area (Å²) in [7, 11) is 0. The molecule has 1 unspecified atom stereocenters. The maximum absolute atomic E-state index is 4.33. The number of fused-ring (bicyclic) bond motifs is 2. The molecule has 3 aromatic heterocycles. The van der Waals surface area contributed by atoms with Gasteiger partial charge < -0.3 is 9.88 Å². The number of anilines is 1. The summed E-state index contributed by atoms with van der Waals surface area (Å²) in [5, 5.41) is 11.4. The van der Waals surface area contributed by atoms with Gasteiger partial charge in [-0.25, -0.2) is 9.97 Å². The van der Waals surface area contributed by atoms with E-state index in [9.17, 15) is 0 Å². The normalized spacial score (nSPS) is 18.1. The molecule has 0 amide bonds. The summed E-state index contributed by atoms with van der Waals surface area (Å²) < 4.78 is 4.01. The predicted molar refractivity (Wildman–Crippen MR) is 64.1 cm³/mol. The lowest BCUT2D eigenvalue weighted by Gasteiger charge is -2.12. The first-order valence-electron chi connectivity index (χ1n) is 5.80. The lowest BCUT2D eigenvalue weighted by molar-refractivity contribution is 0.669. The molecule has 7 heteroatoms. The Morgan fingerprint density at radius 1 is 1.33 bits per heavy atom. The number of nitrogens with zero attached hydrogens (tertiary/aromatic N) is 6. The van der Waals surface area contributed by atoms with Crippen LogP contribution in [0.5, 0.6) is 0 Å². The van der Waals surface area contributed by atoms with Gasteiger partial charge >= 0.3 is 0 Å². The molecule has 0 bridgehead atoms. The number of hydrogen-bond acceptors (Lipinski definition) is 5. The SMILES string of the molecule is c1cn2cnnc2c(NC2Cc3cncn3C2)n1. The molecular formula is C11H11N7. The fourth-order valence-corrected chi connectivity index (χ4v) is 2.39. The highest BCUT2D eigenvalue weighted by molar-refractivity contribution is 5.61. The second-order valence-electron chi connectivity index (χ2n) is 4.42. The van der Waals surface area contributed by atoms with Crippen LogP contribution in [-0.2, 0) is 13.0 Å². The molecule has 4 rings (SSSR count). The summed E-state index contributed by atoms with van der Waals surface area (Å²) in [6, 6.07) is 0.332. The molecule has 18 heavy (non-hydrogen) atoms. The van der Waals surface area contributed by atoms with Crippen LogP contribution < -0.4 is 5.32 Å². The van der Waals surface area contributed by atoms with Gasteiger partial charge in [0.05, 0.1) is 12.4 Å². The third-order valence-corrected chi connectivity index (χ3v) is 3.23. The van der Waals surface area contributed by atoms with Crippen LogP contribution in [0.4, 0.5) is 5.82 Å². The van der Waals surface area contributed by atoms with Gasteiger partial charge in [0.25, 0.3) is 0 Å². The third kappa shape index (κ3) is 1.37.